The Bertz CT molecular complexity index is 1240. The lowest BCUT2D eigenvalue weighted by atomic mass is 10.1. The van der Waals surface area contributed by atoms with Crippen LogP contribution in [0, 0.1) is 0 Å². The third-order valence-electron chi connectivity index (χ3n) is 6.26. The van der Waals surface area contributed by atoms with Gasteiger partial charge >= 0.3 is 0 Å². The van der Waals surface area contributed by atoms with E-state index >= 15 is 0 Å². The molecule has 0 spiro atoms. The molecule has 2 heterocycles. The zero-order valence-electron chi connectivity index (χ0n) is 22.5. The molecule has 39 heavy (non-hydrogen) atoms. The van der Waals surface area contributed by atoms with Gasteiger partial charge in [0.2, 0.25) is 12.7 Å². The summed E-state index contributed by atoms with van der Waals surface area (Å²) in [6.07, 6.45) is 2.14. The summed E-state index contributed by atoms with van der Waals surface area (Å²) in [6, 6.07) is 14.2. The van der Waals surface area contributed by atoms with E-state index in [4.69, 9.17) is 28.1 Å². The molecule has 1 aromatic heterocycles. The highest BCUT2D eigenvalue weighted by atomic mass is 16.7. The Kier molecular flexibility index (Phi) is 9.69. The van der Waals surface area contributed by atoms with Crippen LogP contribution in [0.1, 0.15) is 35.0 Å². The van der Waals surface area contributed by atoms with Gasteiger partial charge in [-0.1, -0.05) is 6.07 Å². The monoisotopic (exact) mass is 538 g/mol. The second-order valence-corrected chi connectivity index (χ2v) is 8.86. The molecule has 10 nitrogen and oxygen atoms in total. The number of carbonyl (C=O) groups is 2. The predicted octanol–water partition coefficient (Wildman–Crippen LogP) is 4.12. The van der Waals surface area contributed by atoms with Crippen LogP contribution in [-0.4, -0.2) is 68.9 Å². The Morgan fingerprint density at radius 3 is 2.54 bits per heavy atom. The Morgan fingerprint density at radius 2 is 1.79 bits per heavy atom. The van der Waals surface area contributed by atoms with Crippen LogP contribution in [0.2, 0.25) is 0 Å². The summed E-state index contributed by atoms with van der Waals surface area (Å²) >= 11 is 0. The first-order valence-corrected chi connectivity index (χ1v) is 12.8. The first kappa shape index (κ1) is 27.8. The van der Waals surface area contributed by atoms with Gasteiger partial charge in [-0.15, -0.1) is 0 Å². The third kappa shape index (κ3) is 7.23. The summed E-state index contributed by atoms with van der Waals surface area (Å²) in [5.74, 6) is 2.32. The maximum Gasteiger partial charge on any atom is 0.258 e. The second kappa shape index (κ2) is 13.6. The number of methoxy groups -OCH3 is 2. The molecule has 2 aromatic carbocycles. The average molecular weight is 539 g/mol. The lowest BCUT2D eigenvalue weighted by Crippen LogP contribution is -2.43. The average Bonchev–Trinajstić information content (AvgIpc) is 3.65. The highest BCUT2D eigenvalue weighted by Crippen LogP contribution is 2.33. The summed E-state index contributed by atoms with van der Waals surface area (Å²) < 4.78 is 32.6. The number of rotatable bonds is 14. The minimum absolute atomic E-state index is 0.134. The van der Waals surface area contributed by atoms with Gasteiger partial charge in [0, 0.05) is 32.4 Å². The van der Waals surface area contributed by atoms with Gasteiger partial charge in [0.25, 0.3) is 5.91 Å². The molecule has 0 atom stereocenters. The molecule has 208 valence electrons. The van der Waals surface area contributed by atoms with Crippen molar-refractivity contribution in [2.75, 3.05) is 47.3 Å². The van der Waals surface area contributed by atoms with E-state index in [-0.39, 0.29) is 31.7 Å². The molecule has 0 aliphatic carbocycles. The first-order valence-electron chi connectivity index (χ1n) is 12.8. The standard InChI is InChI=1S/C29H34N2O8/c1-4-36-13-6-12-30(29(33)24-10-9-22(34-2)16-26(24)35-3)19-28(32)31(18-23-7-5-14-37-23)17-21-8-11-25-27(15-21)39-20-38-25/h5,7-11,14-16H,4,6,12-13,17-20H2,1-3H3. The van der Waals surface area contributed by atoms with Crippen molar-refractivity contribution in [1.82, 2.24) is 9.80 Å². The number of nitrogens with zero attached hydrogens (tertiary/aromatic N) is 2. The number of hydrogen-bond donors (Lipinski definition) is 0. The Labute approximate surface area is 227 Å². The van der Waals surface area contributed by atoms with Crippen molar-refractivity contribution >= 4 is 11.8 Å². The van der Waals surface area contributed by atoms with Gasteiger partial charge in [0.15, 0.2) is 11.5 Å². The van der Waals surface area contributed by atoms with Crippen molar-refractivity contribution in [1.29, 1.82) is 0 Å². The van der Waals surface area contributed by atoms with Crippen LogP contribution in [-0.2, 0) is 22.6 Å². The number of ether oxygens (including phenoxy) is 5. The predicted molar refractivity (Wildman–Crippen MR) is 142 cm³/mol. The zero-order valence-corrected chi connectivity index (χ0v) is 22.5. The summed E-state index contributed by atoms with van der Waals surface area (Å²) in [5.41, 5.74) is 1.21. The molecule has 4 rings (SSSR count). The maximum atomic E-state index is 13.7. The molecule has 0 bridgehead atoms. The molecule has 10 heteroatoms. The van der Waals surface area contributed by atoms with Crippen molar-refractivity contribution in [3.63, 3.8) is 0 Å². The molecule has 0 radical (unpaired) electrons. The van der Waals surface area contributed by atoms with Gasteiger partial charge in [-0.05, 0) is 55.3 Å². The van der Waals surface area contributed by atoms with Crippen LogP contribution in [0.4, 0.5) is 0 Å². The summed E-state index contributed by atoms with van der Waals surface area (Å²) in [7, 11) is 3.04. The zero-order chi connectivity index (χ0) is 27.6. The minimum atomic E-state index is -0.319. The largest absolute Gasteiger partial charge is 0.497 e. The van der Waals surface area contributed by atoms with Gasteiger partial charge in [-0.3, -0.25) is 9.59 Å². The Balaban J connectivity index is 1.56. The number of hydrogen-bond acceptors (Lipinski definition) is 8. The molecular formula is C29H34N2O8. The maximum absolute atomic E-state index is 13.7. The van der Waals surface area contributed by atoms with Gasteiger partial charge in [0.1, 0.15) is 23.8 Å². The van der Waals surface area contributed by atoms with E-state index in [9.17, 15) is 9.59 Å². The van der Waals surface area contributed by atoms with E-state index in [0.717, 1.165) is 5.56 Å². The molecule has 0 fully saturated rings. The third-order valence-corrected chi connectivity index (χ3v) is 6.26. The quantitative estimate of drug-likeness (QED) is 0.283. The SMILES string of the molecule is CCOCCCN(CC(=O)N(Cc1ccc2c(c1)OCO2)Cc1ccco1)C(=O)c1ccc(OC)cc1OC. The Morgan fingerprint density at radius 1 is 0.949 bits per heavy atom. The van der Waals surface area contributed by atoms with Crippen LogP contribution < -0.4 is 18.9 Å². The number of carbonyl (C=O) groups excluding carboxylic acids is 2. The lowest BCUT2D eigenvalue weighted by molar-refractivity contribution is -0.133. The van der Waals surface area contributed by atoms with Crippen LogP contribution in [0.25, 0.3) is 0 Å². The molecule has 0 unspecified atom stereocenters. The van der Waals surface area contributed by atoms with Gasteiger partial charge in [-0.2, -0.15) is 0 Å². The highest BCUT2D eigenvalue weighted by molar-refractivity contribution is 5.99. The number of amides is 2. The van der Waals surface area contributed by atoms with E-state index in [1.807, 2.05) is 31.2 Å². The topological polar surface area (TPSA) is 99.9 Å². The molecule has 3 aromatic rings. The fourth-order valence-electron chi connectivity index (χ4n) is 4.25. The highest BCUT2D eigenvalue weighted by Gasteiger charge is 2.26. The molecule has 0 N–H and O–H groups in total. The number of benzene rings is 2. The van der Waals surface area contributed by atoms with Crippen molar-refractivity contribution in [3.05, 3.63) is 71.7 Å². The van der Waals surface area contributed by atoms with Gasteiger partial charge < -0.3 is 37.9 Å². The summed E-state index contributed by atoms with van der Waals surface area (Å²) in [6.45, 7) is 3.87. The van der Waals surface area contributed by atoms with E-state index in [1.54, 1.807) is 42.5 Å². The van der Waals surface area contributed by atoms with Crippen LogP contribution in [0.15, 0.2) is 59.2 Å². The van der Waals surface area contributed by atoms with E-state index in [2.05, 4.69) is 0 Å². The summed E-state index contributed by atoms with van der Waals surface area (Å²) in [5, 5.41) is 0. The number of fused-ring (bicyclic) bond motifs is 1. The van der Waals surface area contributed by atoms with Crippen molar-refractivity contribution in [2.45, 2.75) is 26.4 Å². The Hall–Kier alpha value is -4.18. The van der Waals surface area contributed by atoms with Crippen molar-refractivity contribution in [2.24, 2.45) is 0 Å². The van der Waals surface area contributed by atoms with Crippen LogP contribution in [0.5, 0.6) is 23.0 Å². The fourth-order valence-corrected chi connectivity index (χ4v) is 4.25. The summed E-state index contributed by atoms with van der Waals surface area (Å²) in [4.78, 5) is 30.6. The normalized spacial score (nSPS) is 11.8. The molecule has 2 amide bonds. The van der Waals surface area contributed by atoms with Crippen molar-refractivity contribution < 1.29 is 37.7 Å². The smallest absolute Gasteiger partial charge is 0.258 e. The van der Waals surface area contributed by atoms with Crippen molar-refractivity contribution in [3.8, 4) is 23.0 Å². The number of furan rings is 1. The minimum Gasteiger partial charge on any atom is -0.497 e. The van der Waals surface area contributed by atoms with E-state index in [1.165, 1.54) is 12.0 Å². The molecule has 1 aliphatic heterocycles. The van der Waals surface area contributed by atoms with Gasteiger partial charge in [0.05, 0.1) is 32.6 Å². The van der Waals surface area contributed by atoms with Gasteiger partial charge in [-0.25, -0.2) is 0 Å². The second-order valence-electron chi connectivity index (χ2n) is 8.86. The molecule has 0 saturated carbocycles. The van der Waals surface area contributed by atoms with Crippen LogP contribution in [0.3, 0.4) is 0 Å². The molecular weight excluding hydrogens is 504 g/mol. The lowest BCUT2D eigenvalue weighted by Gasteiger charge is -2.28. The first-order chi connectivity index (χ1) is 19.0. The fraction of sp³-hybridized carbons (Fsp3) is 0.379. The van der Waals surface area contributed by atoms with E-state index < -0.39 is 0 Å². The molecule has 1 aliphatic rings. The van der Waals surface area contributed by atoms with Crippen LogP contribution >= 0.6 is 0 Å². The van der Waals surface area contributed by atoms with E-state index in [0.29, 0.717) is 67.0 Å². The molecule has 0 saturated heterocycles.